The normalized spacial score (nSPS) is 12.0. The zero-order valence-electron chi connectivity index (χ0n) is 12.0. The van der Waals surface area contributed by atoms with Crippen LogP contribution in [0.1, 0.15) is 25.8 Å². The highest BCUT2D eigenvalue weighted by atomic mass is 32.2. The third-order valence-electron chi connectivity index (χ3n) is 2.96. The lowest BCUT2D eigenvalue weighted by atomic mass is 9.89. The van der Waals surface area contributed by atoms with Gasteiger partial charge < -0.3 is 10.4 Å². The fraction of sp³-hybridized carbons (Fsp3) is 0.385. The third kappa shape index (κ3) is 4.54. The summed E-state index contributed by atoms with van der Waals surface area (Å²) in [6, 6.07) is 4.28. The van der Waals surface area contributed by atoms with Crippen LogP contribution in [-0.4, -0.2) is 25.4 Å². The molecule has 0 saturated carbocycles. The maximum atomic E-state index is 11.8. The van der Waals surface area contributed by atoms with Crippen LogP contribution < -0.4 is 10.5 Å². The summed E-state index contributed by atoms with van der Waals surface area (Å²) in [5.74, 6) is -1.61. The molecule has 0 bridgehead atoms. The number of aryl methyl sites for hydroxylation is 1. The molecular formula is C13H18N2O5S. The lowest BCUT2D eigenvalue weighted by molar-refractivity contribution is -0.148. The van der Waals surface area contributed by atoms with Gasteiger partial charge in [0.15, 0.2) is 0 Å². The summed E-state index contributed by atoms with van der Waals surface area (Å²) in [5.41, 5.74) is -0.505. The van der Waals surface area contributed by atoms with E-state index in [-0.39, 0.29) is 17.0 Å². The Kier molecular flexibility index (Phi) is 4.75. The van der Waals surface area contributed by atoms with Crippen molar-refractivity contribution in [2.75, 3.05) is 5.32 Å². The number of benzene rings is 1. The zero-order valence-corrected chi connectivity index (χ0v) is 12.8. The van der Waals surface area contributed by atoms with Crippen molar-refractivity contribution >= 4 is 27.6 Å². The molecule has 0 unspecified atom stereocenters. The maximum Gasteiger partial charge on any atom is 0.309 e. The van der Waals surface area contributed by atoms with Crippen LogP contribution in [0.25, 0.3) is 0 Å². The Hall–Kier alpha value is -1.93. The van der Waals surface area contributed by atoms with Crippen LogP contribution in [0, 0.1) is 12.3 Å². The number of rotatable bonds is 5. The number of sulfonamides is 1. The molecule has 1 aromatic carbocycles. The summed E-state index contributed by atoms with van der Waals surface area (Å²) in [7, 11) is -3.89. The van der Waals surface area contributed by atoms with E-state index in [1.54, 1.807) is 6.92 Å². The first kappa shape index (κ1) is 17.1. The van der Waals surface area contributed by atoms with Crippen LogP contribution in [-0.2, 0) is 19.6 Å². The summed E-state index contributed by atoms with van der Waals surface area (Å²) in [4.78, 5) is 22.7. The Balaban J connectivity index is 2.95. The van der Waals surface area contributed by atoms with Gasteiger partial charge in [-0.15, -0.1) is 0 Å². The first-order valence-electron chi connectivity index (χ1n) is 6.10. The molecule has 1 rings (SSSR count). The highest BCUT2D eigenvalue weighted by molar-refractivity contribution is 7.89. The van der Waals surface area contributed by atoms with Gasteiger partial charge in [-0.2, -0.15) is 0 Å². The summed E-state index contributed by atoms with van der Waals surface area (Å²) >= 11 is 0. The van der Waals surface area contributed by atoms with Gasteiger partial charge in [-0.25, -0.2) is 13.6 Å². The van der Waals surface area contributed by atoms with E-state index in [0.29, 0.717) is 5.56 Å². The third-order valence-corrected chi connectivity index (χ3v) is 4.01. The smallest absolute Gasteiger partial charge is 0.309 e. The number of aliphatic carboxylic acids is 1. The summed E-state index contributed by atoms with van der Waals surface area (Å²) < 4.78 is 22.8. The summed E-state index contributed by atoms with van der Waals surface area (Å²) in [6.45, 7) is 4.44. The topological polar surface area (TPSA) is 127 Å². The molecule has 4 N–H and O–H groups in total. The van der Waals surface area contributed by atoms with Crippen molar-refractivity contribution in [1.29, 1.82) is 0 Å². The van der Waals surface area contributed by atoms with Crippen molar-refractivity contribution in [3.05, 3.63) is 23.8 Å². The first-order valence-corrected chi connectivity index (χ1v) is 7.65. The maximum absolute atomic E-state index is 11.8. The second kappa shape index (κ2) is 5.82. The highest BCUT2D eigenvalue weighted by Crippen LogP contribution is 2.23. The van der Waals surface area contributed by atoms with Gasteiger partial charge in [0.25, 0.3) is 0 Å². The monoisotopic (exact) mass is 314 g/mol. The number of carboxylic acids is 1. The van der Waals surface area contributed by atoms with E-state index >= 15 is 0 Å². The summed E-state index contributed by atoms with van der Waals surface area (Å²) in [5, 5.41) is 16.5. The molecule has 0 fully saturated rings. The minimum absolute atomic E-state index is 0.0854. The molecule has 0 aliphatic carbocycles. The number of hydrogen-bond donors (Lipinski definition) is 3. The number of primary sulfonamides is 1. The second-order valence-corrected chi connectivity index (χ2v) is 6.97. The Labute approximate surface area is 123 Å². The van der Waals surface area contributed by atoms with Gasteiger partial charge in [0.1, 0.15) is 0 Å². The molecule has 1 aromatic rings. The van der Waals surface area contributed by atoms with Gasteiger partial charge >= 0.3 is 5.97 Å². The molecule has 8 heteroatoms. The predicted octanol–water partition coefficient (Wildman–Crippen LogP) is 1.08. The predicted molar refractivity (Wildman–Crippen MR) is 77.2 cm³/mol. The van der Waals surface area contributed by atoms with Crippen LogP contribution in [0.4, 0.5) is 5.69 Å². The molecule has 0 spiro atoms. The van der Waals surface area contributed by atoms with Crippen LogP contribution >= 0.6 is 0 Å². The Bertz CT molecular complexity index is 680. The van der Waals surface area contributed by atoms with Gasteiger partial charge in [-0.3, -0.25) is 9.59 Å². The lowest BCUT2D eigenvalue weighted by Crippen LogP contribution is -2.29. The molecule has 0 aliphatic rings. The van der Waals surface area contributed by atoms with E-state index in [9.17, 15) is 18.0 Å². The van der Waals surface area contributed by atoms with Gasteiger partial charge in [0.05, 0.1) is 10.3 Å². The van der Waals surface area contributed by atoms with E-state index < -0.39 is 27.3 Å². The molecule has 1 amide bonds. The van der Waals surface area contributed by atoms with Gasteiger partial charge in [0.2, 0.25) is 15.9 Å². The molecule has 0 aromatic heterocycles. The molecule has 0 saturated heterocycles. The molecule has 0 radical (unpaired) electrons. The van der Waals surface area contributed by atoms with E-state index in [2.05, 4.69) is 5.32 Å². The first-order chi connectivity index (χ1) is 9.43. The van der Waals surface area contributed by atoms with Crippen molar-refractivity contribution in [1.82, 2.24) is 0 Å². The molecule has 7 nitrogen and oxygen atoms in total. The number of carbonyl (C=O) groups is 2. The average Bonchev–Trinajstić information content (AvgIpc) is 2.29. The van der Waals surface area contributed by atoms with E-state index in [0.717, 1.165) is 0 Å². The average molecular weight is 314 g/mol. The fourth-order valence-electron chi connectivity index (χ4n) is 1.67. The quantitative estimate of drug-likeness (QED) is 0.749. The second-order valence-electron chi connectivity index (χ2n) is 5.44. The molecular weight excluding hydrogens is 296 g/mol. The van der Waals surface area contributed by atoms with E-state index in [1.165, 1.54) is 32.0 Å². The molecule has 0 atom stereocenters. The van der Waals surface area contributed by atoms with Crippen molar-refractivity contribution < 1.29 is 23.1 Å². The molecule has 0 heterocycles. The number of hydrogen-bond acceptors (Lipinski definition) is 4. The standard InChI is InChI=1S/C13H18N2O5S/c1-8-4-5-9(6-10(8)21(14,19)20)15-11(16)7-13(2,3)12(17)18/h4-6H,7H2,1-3H3,(H,15,16)(H,17,18)(H2,14,19,20). The van der Waals surface area contributed by atoms with Crippen molar-refractivity contribution in [2.24, 2.45) is 10.6 Å². The number of amides is 1. The number of nitrogens with one attached hydrogen (secondary N) is 1. The number of nitrogens with two attached hydrogens (primary N) is 1. The zero-order chi connectivity index (χ0) is 16.4. The van der Waals surface area contributed by atoms with Crippen molar-refractivity contribution in [3.63, 3.8) is 0 Å². The number of carboxylic acid groups (broad SMARTS) is 1. The Morgan fingerprint density at radius 1 is 1.33 bits per heavy atom. The molecule has 0 aliphatic heterocycles. The Morgan fingerprint density at radius 2 is 1.90 bits per heavy atom. The molecule has 116 valence electrons. The van der Waals surface area contributed by atoms with E-state index in [1.807, 2.05) is 0 Å². The summed E-state index contributed by atoms with van der Waals surface area (Å²) in [6.07, 6.45) is -0.235. The lowest BCUT2D eigenvalue weighted by Gasteiger charge is -2.18. The Morgan fingerprint density at radius 3 is 2.38 bits per heavy atom. The van der Waals surface area contributed by atoms with Crippen LogP contribution in [0.2, 0.25) is 0 Å². The number of carbonyl (C=O) groups excluding carboxylic acids is 1. The SMILES string of the molecule is Cc1ccc(NC(=O)CC(C)(C)C(=O)O)cc1S(N)(=O)=O. The van der Waals surface area contributed by atoms with Gasteiger partial charge in [-0.05, 0) is 38.5 Å². The van der Waals surface area contributed by atoms with Crippen molar-refractivity contribution in [2.45, 2.75) is 32.1 Å². The minimum Gasteiger partial charge on any atom is -0.481 e. The van der Waals surface area contributed by atoms with Crippen LogP contribution in [0.5, 0.6) is 0 Å². The van der Waals surface area contributed by atoms with Gasteiger partial charge in [0, 0.05) is 12.1 Å². The van der Waals surface area contributed by atoms with Gasteiger partial charge in [-0.1, -0.05) is 6.07 Å². The minimum atomic E-state index is -3.89. The highest BCUT2D eigenvalue weighted by Gasteiger charge is 2.30. The van der Waals surface area contributed by atoms with Crippen LogP contribution in [0.15, 0.2) is 23.1 Å². The molecule has 21 heavy (non-hydrogen) atoms. The largest absolute Gasteiger partial charge is 0.481 e. The van der Waals surface area contributed by atoms with Crippen molar-refractivity contribution in [3.8, 4) is 0 Å². The van der Waals surface area contributed by atoms with Crippen LogP contribution in [0.3, 0.4) is 0 Å². The number of anilines is 1. The fourth-order valence-corrected chi connectivity index (χ4v) is 2.47. The van der Waals surface area contributed by atoms with E-state index in [4.69, 9.17) is 10.2 Å².